The van der Waals surface area contributed by atoms with Crippen molar-refractivity contribution >= 4 is 17.9 Å². The molecule has 6 heteroatoms. The van der Waals surface area contributed by atoms with Crippen molar-refractivity contribution in [2.24, 2.45) is 0 Å². The van der Waals surface area contributed by atoms with E-state index in [2.05, 4.69) is 20.8 Å². The third-order valence-corrected chi connectivity index (χ3v) is 9.61. The summed E-state index contributed by atoms with van der Waals surface area (Å²) in [6.07, 6.45) is 38.0. The molecular formula is C43H82O6. The van der Waals surface area contributed by atoms with E-state index in [0.29, 0.717) is 19.3 Å². The van der Waals surface area contributed by atoms with Crippen LogP contribution in [0.2, 0.25) is 0 Å². The molecule has 0 fully saturated rings. The molecular weight excluding hydrogens is 612 g/mol. The third-order valence-electron chi connectivity index (χ3n) is 9.61. The van der Waals surface area contributed by atoms with Gasteiger partial charge in [-0.15, -0.1) is 0 Å². The Balaban J connectivity index is 4.29. The second kappa shape index (κ2) is 39.2. The van der Waals surface area contributed by atoms with Crippen LogP contribution in [0.15, 0.2) is 0 Å². The SMILES string of the molecule is CCCCCCCCCCCCCCCC(=O)O[C@@H](COC(=O)CCCCCCCCC)COC(=O)CCCCCCCCCCCCC. The average molecular weight is 695 g/mol. The Morgan fingerprint density at radius 1 is 0.327 bits per heavy atom. The zero-order chi connectivity index (χ0) is 35.9. The van der Waals surface area contributed by atoms with Gasteiger partial charge >= 0.3 is 17.9 Å². The standard InChI is InChI=1S/C43H82O6/c1-4-7-10-13-16-18-20-21-23-25-28-31-34-37-43(46)49-40(38-47-41(44)35-32-29-26-15-12-9-6-3)39-48-42(45)36-33-30-27-24-22-19-17-14-11-8-5-2/h40H,4-39H2,1-3H3/t40-/m0/s1. The molecule has 0 aromatic heterocycles. The highest BCUT2D eigenvalue weighted by Crippen LogP contribution is 2.15. The number of carbonyl (C=O) groups is 3. The second-order valence-corrected chi connectivity index (χ2v) is 14.6. The van der Waals surface area contributed by atoms with Gasteiger partial charge in [-0.1, -0.05) is 201 Å². The Hall–Kier alpha value is -1.59. The normalized spacial score (nSPS) is 11.8. The topological polar surface area (TPSA) is 78.9 Å². The summed E-state index contributed by atoms with van der Waals surface area (Å²) in [5.41, 5.74) is 0. The van der Waals surface area contributed by atoms with Gasteiger partial charge < -0.3 is 14.2 Å². The van der Waals surface area contributed by atoms with Crippen molar-refractivity contribution in [3.63, 3.8) is 0 Å². The molecule has 0 saturated heterocycles. The highest BCUT2D eigenvalue weighted by atomic mass is 16.6. The van der Waals surface area contributed by atoms with Gasteiger partial charge in [0.15, 0.2) is 6.10 Å². The maximum atomic E-state index is 12.6. The maximum absolute atomic E-state index is 12.6. The van der Waals surface area contributed by atoms with Crippen molar-refractivity contribution < 1.29 is 28.6 Å². The molecule has 0 aliphatic rings. The van der Waals surface area contributed by atoms with E-state index >= 15 is 0 Å². The zero-order valence-electron chi connectivity index (χ0n) is 33.0. The van der Waals surface area contributed by atoms with Gasteiger partial charge in [-0.2, -0.15) is 0 Å². The molecule has 290 valence electrons. The van der Waals surface area contributed by atoms with Gasteiger partial charge in [0.05, 0.1) is 0 Å². The molecule has 49 heavy (non-hydrogen) atoms. The second-order valence-electron chi connectivity index (χ2n) is 14.6. The lowest BCUT2D eigenvalue weighted by Gasteiger charge is -2.18. The van der Waals surface area contributed by atoms with Crippen molar-refractivity contribution in [2.75, 3.05) is 13.2 Å². The van der Waals surface area contributed by atoms with Crippen molar-refractivity contribution in [2.45, 2.75) is 245 Å². The number of esters is 3. The summed E-state index contributed by atoms with van der Waals surface area (Å²) in [5.74, 6) is -0.862. The van der Waals surface area contributed by atoms with Gasteiger partial charge in [0.25, 0.3) is 0 Å². The fourth-order valence-corrected chi connectivity index (χ4v) is 6.32. The first-order valence-electron chi connectivity index (χ1n) is 21.5. The van der Waals surface area contributed by atoms with Crippen LogP contribution in [-0.4, -0.2) is 37.2 Å². The molecule has 1 atom stereocenters. The number of unbranched alkanes of at least 4 members (excludes halogenated alkanes) is 28. The molecule has 0 heterocycles. The molecule has 0 rings (SSSR count). The Labute approximate surface area is 304 Å². The summed E-state index contributed by atoms with van der Waals surface area (Å²) in [7, 11) is 0. The molecule has 0 unspecified atom stereocenters. The molecule has 0 amide bonds. The average Bonchev–Trinajstić information content (AvgIpc) is 3.10. The van der Waals surface area contributed by atoms with E-state index in [4.69, 9.17) is 14.2 Å². The van der Waals surface area contributed by atoms with Crippen molar-refractivity contribution in [1.82, 2.24) is 0 Å². The Bertz CT molecular complexity index is 723. The number of carbonyl (C=O) groups excluding carboxylic acids is 3. The predicted octanol–water partition coefficient (Wildman–Crippen LogP) is 13.3. The van der Waals surface area contributed by atoms with Crippen LogP contribution in [0.4, 0.5) is 0 Å². The van der Waals surface area contributed by atoms with Crippen LogP contribution in [0.1, 0.15) is 239 Å². The van der Waals surface area contributed by atoms with Crippen LogP contribution >= 0.6 is 0 Å². The van der Waals surface area contributed by atoms with Crippen LogP contribution in [-0.2, 0) is 28.6 Å². The molecule has 0 aromatic carbocycles. The first kappa shape index (κ1) is 47.4. The van der Waals surface area contributed by atoms with Gasteiger partial charge in [-0.25, -0.2) is 0 Å². The highest BCUT2D eigenvalue weighted by molar-refractivity contribution is 5.71. The Morgan fingerprint density at radius 2 is 0.551 bits per heavy atom. The molecule has 0 bridgehead atoms. The van der Waals surface area contributed by atoms with E-state index in [-0.39, 0.29) is 31.1 Å². The van der Waals surface area contributed by atoms with Gasteiger partial charge in [0, 0.05) is 19.3 Å². The minimum absolute atomic E-state index is 0.0636. The van der Waals surface area contributed by atoms with Crippen LogP contribution in [0.3, 0.4) is 0 Å². The van der Waals surface area contributed by atoms with Crippen LogP contribution in [0.5, 0.6) is 0 Å². The third kappa shape index (κ3) is 37.5. The predicted molar refractivity (Wildman–Crippen MR) is 206 cm³/mol. The summed E-state index contributed by atoms with van der Waals surface area (Å²) in [5, 5.41) is 0. The summed E-state index contributed by atoms with van der Waals surface area (Å²) in [4.78, 5) is 37.5. The monoisotopic (exact) mass is 695 g/mol. The summed E-state index contributed by atoms with van der Waals surface area (Å²) < 4.78 is 16.6. The molecule has 0 aliphatic carbocycles. The summed E-state index contributed by atoms with van der Waals surface area (Å²) in [6, 6.07) is 0. The number of rotatable bonds is 39. The number of hydrogen-bond donors (Lipinski definition) is 0. The molecule has 6 nitrogen and oxygen atoms in total. The lowest BCUT2D eigenvalue weighted by molar-refractivity contribution is -0.167. The zero-order valence-corrected chi connectivity index (χ0v) is 33.0. The number of ether oxygens (including phenoxy) is 3. The minimum atomic E-state index is -0.756. The van der Waals surface area contributed by atoms with E-state index in [1.165, 1.54) is 141 Å². The van der Waals surface area contributed by atoms with E-state index in [1.54, 1.807) is 0 Å². The van der Waals surface area contributed by atoms with Gasteiger partial charge in [-0.3, -0.25) is 14.4 Å². The minimum Gasteiger partial charge on any atom is -0.462 e. The molecule has 0 aromatic rings. The maximum Gasteiger partial charge on any atom is 0.306 e. The van der Waals surface area contributed by atoms with Crippen LogP contribution in [0, 0.1) is 0 Å². The van der Waals surface area contributed by atoms with Gasteiger partial charge in [-0.05, 0) is 19.3 Å². The summed E-state index contributed by atoms with van der Waals surface area (Å²) >= 11 is 0. The first-order chi connectivity index (χ1) is 24.0. The molecule has 0 radical (unpaired) electrons. The van der Waals surface area contributed by atoms with Crippen molar-refractivity contribution in [3.8, 4) is 0 Å². The highest BCUT2D eigenvalue weighted by Gasteiger charge is 2.19. The first-order valence-corrected chi connectivity index (χ1v) is 21.5. The molecule has 0 spiro atoms. The number of hydrogen-bond acceptors (Lipinski definition) is 6. The largest absolute Gasteiger partial charge is 0.462 e. The van der Waals surface area contributed by atoms with Gasteiger partial charge in [0.1, 0.15) is 13.2 Å². The van der Waals surface area contributed by atoms with E-state index in [1.807, 2.05) is 0 Å². The Kier molecular flexibility index (Phi) is 37.9. The molecule has 0 aliphatic heterocycles. The fourth-order valence-electron chi connectivity index (χ4n) is 6.32. The lowest BCUT2D eigenvalue weighted by Crippen LogP contribution is -2.30. The lowest BCUT2D eigenvalue weighted by atomic mass is 10.0. The Morgan fingerprint density at radius 3 is 0.816 bits per heavy atom. The van der Waals surface area contributed by atoms with E-state index in [9.17, 15) is 14.4 Å². The van der Waals surface area contributed by atoms with Crippen LogP contribution < -0.4 is 0 Å². The molecule has 0 N–H and O–H groups in total. The van der Waals surface area contributed by atoms with E-state index < -0.39 is 6.10 Å². The fraction of sp³-hybridized carbons (Fsp3) is 0.930. The molecule has 0 saturated carbocycles. The van der Waals surface area contributed by atoms with E-state index in [0.717, 1.165) is 57.8 Å². The quantitative estimate of drug-likeness (QED) is 0.0362. The van der Waals surface area contributed by atoms with Crippen molar-refractivity contribution in [3.05, 3.63) is 0 Å². The smallest absolute Gasteiger partial charge is 0.306 e. The summed E-state index contributed by atoms with van der Waals surface area (Å²) in [6.45, 7) is 6.59. The van der Waals surface area contributed by atoms with Gasteiger partial charge in [0.2, 0.25) is 0 Å². The van der Waals surface area contributed by atoms with Crippen LogP contribution in [0.25, 0.3) is 0 Å². The van der Waals surface area contributed by atoms with Crippen molar-refractivity contribution in [1.29, 1.82) is 0 Å².